The van der Waals surface area contributed by atoms with E-state index in [0.29, 0.717) is 31.2 Å². The van der Waals surface area contributed by atoms with Gasteiger partial charge in [0, 0.05) is 13.1 Å². The minimum absolute atomic E-state index is 0.0460. The first kappa shape index (κ1) is 15.6. The number of ether oxygens (including phenoxy) is 1. The number of carbonyl (C=O) groups is 2. The van der Waals surface area contributed by atoms with Crippen molar-refractivity contribution in [1.29, 1.82) is 0 Å². The Morgan fingerprint density at radius 2 is 1.96 bits per heavy atom. The Kier molecular flexibility index (Phi) is 4.38. The lowest BCUT2D eigenvalue weighted by molar-refractivity contribution is -0.139. The van der Waals surface area contributed by atoms with Crippen LogP contribution in [0.5, 0.6) is 5.75 Å². The number of morpholine rings is 1. The summed E-state index contributed by atoms with van der Waals surface area (Å²) < 4.78 is 5.67. The minimum Gasteiger partial charge on any atom is -0.508 e. The highest BCUT2D eigenvalue weighted by molar-refractivity contribution is 5.83. The fourth-order valence-corrected chi connectivity index (χ4v) is 2.78. The number of benzene rings is 1. The summed E-state index contributed by atoms with van der Waals surface area (Å²) in [4.78, 5) is 25.5. The Bertz CT molecular complexity index is 585. The van der Waals surface area contributed by atoms with Crippen LogP contribution in [0.3, 0.4) is 0 Å². The zero-order valence-electron chi connectivity index (χ0n) is 12.6. The first-order valence-electron chi connectivity index (χ1n) is 7.73. The Morgan fingerprint density at radius 3 is 2.57 bits per heavy atom. The fourth-order valence-electron chi connectivity index (χ4n) is 2.78. The molecule has 1 aliphatic carbocycles. The molecule has 1 saturated heterocycles. The number of hydrogen-bond acceptors (Lipinski definition) is 4. The van der Waals surface area contributed by atoms with Crippen molar-refractivity contribution in [2.75, 3.05) is 19.7 Å². The first-order chi connectivity index (χ1) is 11.0. The second-order valence-corrected chi connectivity index (χ2v) is 6.00. The van der Waals surface area contributed by atoms with Crippen LogP contribution in [0, 0.1) is 5.92 Å². The number of amides is 2. The van der Waals surface area contributed by atoms with E-state index in [4.69, 9.17) is 4.74 Å². The van der Waals surface area contributed by atoms with Gasteiger partial charge in [-0.05, 0) is 36.5 Å². The van der Waals surface area contributed by atoms with E-state index in [9.17, 15) is 19.8 Å². The van der Waals surface area contributed by atoms with E-state index in [1.807, 2.05) is 0 Å². The maximum Gasteiger partial charge on any atom is 0.330 e. The molecule has 7 nitrogen and oxygen atoms in total. The number of carboxylic acids is 1. The zero-order valence-corrected chi connectivity index (χ0v) is 12.6. The average Bonchev–Trinajstić information content (AvgIpc) is 3.38. The second-order valence-electron chi connectivity index (χ2n) is 6.00. The molecule has 0 aromatic heterocycles. The topological polar surface area (TPSA) is 99.1 Å². The van der Waals surface area contributed by atoms with Crippen molar-refractivity contribution < 1.29 is 24.5 Å². The van der Waals surface area contributed by atoms with Gasteiger partial charge in [0.15, 0.2) is 6.04 Å². The lowest BCUT2D eigenvalue weighted by Crippen LogP contribution is -2.51. The van der Waals surface area contributed by atoms with Crippen LogP contribution in [0.4, 0.5) is 4.79 Å². The Balaban J connectivity index is 1.65. The molecule has 3 N–H and O–H groups in total. The van der Waals surface area contributed by atoms with Crippen LogP contribution in [0.2, 0.25) is 0 Å². The number of aromatic hydroxyl groups is 1. The summed E-state index contributed by atoms with van der Waals surface area (Å²) in [5.41, 5.74) is 0.413. The third-order valence-corrected chi connectivity index (χ3v) is 4.27. The van der Waals surface area contributed by atoms with E-state index in [1.54, 1.807) is 4.90 Å². The van der Waals surface area contributed by atoms with E-state index in [2.05, 4.69) is 5.32 Å². The predicted octanol–water partition coefficient (Wildman–Crippen LogP) is 1.34. The van der Waals surface area contributed by atoms with Crippen LogP contribution < -0.4 is 5.32 Å². The number of nitrogens with zero attached hydrogens (tertiary/aromatic N) is 1. The Hall–Kier alpha value is -2.28. The van der Waals surface area contributed by atoms with E-state index in [0.717, 1.165) is 12.8 Å². The largest absolute Gasteiger partial charge is 0.508 e. The van der Waals surface area contributed by atoms with Crippen molar-refractivity contribution in [3.63, 3.8) is 0 Å². The van der Waals surface area contributed by atoms with Gasteiger partial charge >= 0.3 is 12.0 Å². The van der Waals surface area contributed by atoms with Crippen LogP contribution in [-0.4, -0.2) is 52.9 Å². The zero-order chi connectivity index (χ0) is 16.4. The standard InChI is InChI=1S/C16H20N2O5/c19-12-5-3-11(4-6-12)14(15(20)21)17-16(22)18-7-8-23-13(9-18)10-1-2-10/h3-6,10,13-14,19H,1-2,7-9H2,(H,17,22)(H,20,21)/t13?,14-/m0/s1. The number of rotatable bonds is 4. The third-order valence-electron chi connectivity index (χ3n) is 4.27. The molecule has 2 atom stereocenters. The van der Waals surface area contributed by atoms with Gasteiger partial charge in [-0.25, -0.2) is 9.59 Å². The average molecular weight is 320 g/mol. The van der Waals surface area contributed by atoms with Crippen molar-refractivity contribution in [2.24, 2.45) is 5.92 Å². The summed E-state index contributed by atoms with van der Waals surface area (Å²) in [5, 5.41) is 21.2. The summed E-state index contributed by atoms with van der Waals surface area (Å²) in [6.07, 6.45) is 2.32. The van der Waals surface area contributed by atoms with E-state index >= 15 is 0 Å². The molecular formula is C16H20N2O5. The van der Waals surface area contributed by atoms with Gasteiger partial charge in [-0.3, -0.25) is 0 Å². The number of nitrogens with one attached hydrogen (secondary N) is 1. The molecule has 124 valence electrons. The van der Waals surface area contributed by atoms with E-state index < -0.39 is 18.0 Å². The third kappa shape index (κ3) is 3.73. The summed E-state index contributed by atoms with van der Waals surface area (Å²) in [5.74, 6) is -0.571. The lowest BCUT2D eigenvalue weighted by Gasteiger charge is -2.33. The van der Waals surface area contributed by atoms with Crippen LogP contribution in [0.15, 0.2) is 24.3 Å². The van der Waals surface area contributed by atoms with Gasteiger partial charge in [-0.15, -0.1) is 0 Å². The summed E-state index contributed by atoms with van der Waals surface area (Å²) in [6.45, 7) is 1.43. The highest BCUT2D eigenvalue weighted by Crippen LogP contribution is 2.35. The van der Waals surface area contributed by atoms with Crippen molar-refractivity contribution in [2.45, 2.75) is 25.0 Å². The fraction of sp³-hybridized carbons (Fsp3) is 0.500. The van der Waals surface area contributed by atoms with Gasteiger partial charge in [0.1, 0.15) is 5.75 Å². The second kappa shape index (κ2) is 6.45. The minimum atomic E-state index is -1.15. The van der Waals surface area contributed by atoms with E-state index in [1.165, 1.54) is 24.3 Å². The van der Waals surface area contributed by atoms with Crippen LogP contribution >= 0.6 is 0 Å². The lowest BCUT2D eigenvalue weighted by atomic mass is 10.1. The molecule has 1 heterocycles. The number of carbonyl (C=O) groups excluding carboxylic acids is 1. The molecule has 2 aliphatic rings. The molecule has 1 aromatic rings. The number of urea groups is 1. The number of carboxylic acid groups (broad SMARTS) is 1. The van der Waals surface area contributed by atoms with Crippen molar-refractivity contribution in [3.8, 4) is 5.75 Å². The van der Waals surface area contributed by atoms with Gasteiger partial charge in [0.2, 0.25) is 0 Å². The quantitative estimate of drug-likeness (QED) is 0.777. The summed E-state index contributed by atoms with van der Waals surface area (Å²) in [6, 6.07) is 4.22. The molecule has 0 radical (unpaired) electrons. The molecule has 2 amide bonds. The molecule has 0 spiro atoms. The molecule has 1 saturated carbocycles. The number of phenolic OH excluding ortho intramolecular Hbond substituents is 1. The smallest absolute Gasteiger partial charge is 0.330 e. The van der Waals surface area contributed by atoms with Gasteiger partial charge in [-0.2, -0.15) is 0 Å². The van der Waals surface area contributed by atoms with Gasteiger partial charge in [0.05, 0.1) is 12.7 Å². The first-order valence-corrected chi connectivity index (χ1v) is 7.73. The summed E-state index contributed by atoms with van der Waals surface area (Å²) >= 11 is 0. The molecular weight excluding hydrogens is 300 g/mol. The highest BCUT2D eigenvalue weighted by atomic mass is 16.5. The van der Waals surface area contributed by atoms with Crippen LogP contribution in [0.25, 0.3) is 0 Å². The monoisotopic (exact) mass is 320 g/mol. The number of phenols is 1. The Labute approximate surface area is 133 Å². The van der Waals surface area contributed by atoms with Crippen molar-refractivity contribution in [1.82, 2.24) is 10.2 Å². The normalized spacial score (nSPS) is 22.4. The van der Waals surface area contributed by atoms with Gasteiger partial charge < -0.3 is 25.2 Å². The number of hydrogen-bond donors (Lipinski definition) is 3. The maximum atomic E-state index is 12.4. The van der Waals surface area contributed by atoms with Crippen LogP contribution in [0.1, 0.15) is 24.4 Å². The molecule has 1 aromatic carbocycles. The van der Waals surface area contributed by atoms with Gasteiger partial charge in [-0.1, -0.05) is 12.1 Å². The maximum absolute atomic E-state index is 12.4. The van der Waals surface area contributed by atoms with Crippen LogP contribution in [-0.2, 0) is 9.53 Å². The summed E-state index contributed by atoms with van der Waals surface area (Å²) in [7, 11) is 0. The van der Waals surface area contributed by atoms with Crippen molar-refractivity contribution >= 4 is 12.0 Å². The number of aliphatic carboxylic acids is 1. The molecule has 2 fully saturated rings. The highest BCUT2D eigenvalue weighted by Gasteiger charge is 2.37. The predicted molar refractivity (Wildman–Crippen MR) is 81.1 cm³/mol. The molecule has 1 unspecified atom stereocenters. The van der Waals surface area contributed by atoms with Crippen molar-refractivity contribution in [3.05, 3.63) is 29.8 Å². The Morgan fingerprint density at radius 1 is 1.26 bits per heavy atom. The SMILES string of the molecule is O=C(O)[C@@H](NC(=O)N1CCOC(C2CC2)C1)c1ccc(O)cc1. The van der Waals surface area contributed by atoms with Gasteiger partial charge in [0.25, 0.3) is 0 Å². The molecule has 0 bridgehead atoms. The molecule has 3 rings (SSSR count). The molecule has 23 heavy (non-hydrogen) atoms. The molecule has 7 heteroatoms. The van der Waals surface area contributed by atoms with E-state index in [-0.39, 0.29) is 11.9 Å². The molecule has 1 aliphatic heterocycles.